The van der Waals surface area contributed by atoms with Gasteiger partial charge in [0.25, 0.3) is 5.69 Å². The van der Waals surface area contributed by atoms with E-state index in [0.29, 0.717) is 11.0 Å². The van der Waals surface area contributed by atoms with Crippen LogP contribution in [0.1, 0.15) is 26.3 Å². The van der Waals surface area contributed by atoms with Crippen LogP contribution in [0.2, 0.25) is 0 Å². The van der Waals surface area contributed by atoms with E-state index in [9.17, 15) is 10.1 Å². The van der Waals surface area contributed by atoms with Crippen LogP contribution in [0.3, 0.4) is 0 Å². The van der Waals surface area contributed by atoms with Crippen LogP contribution in [-0.4, -0.2) is 14.7 Å². The summed E-state index contributed by atoms with van der Waals surface area (Å²) in [4.78, 5) is 10.3. The zero-order valence-corrected chi connectivity index (χ0v) is 13.7. The number of aromatic nitrogens is 2. The molecule has 2 aromatic rings. The molecule has 0 amide bonds. The SMILES string of the molecule is CC(C)(C)n1cc(CNc2ccc([N+](=O)[O-])cc2Br)cn1. The average Bonchev–Trinajstić information content (AvgIpc) is 2.85. The molecule has 7 heteroatoms. The molecule has 1 N–H and O–H groups in total. The van der Waals surface area contributed by atoms with Gasteiger partial charge in [0.1, 0.15) is 0 Å². The zero-order valence-electron chi connectivity index (χ0n) is 12.1. The molecule has 0 spiro atoms. The Morgan fingerprint density at radius 2 is 2.14 bits per heavy atom. The molecule has 1 heterocycles. The van der Waals surface area contributed by atoms with E-state index in [1.165, 1.54) is 12.1 Å². The second-order valence-electron chi connectivity index (χ2n) is 5.74. The Bertz CT molecular complexity index is 661. The van der Waals surface area contributed by atoms with Gasteiger partial charge in [-0.2, -0.15) is 5.10 Å². The summed E-state index contributed by atoms with van der Waals surface area (Å²) < 4.78 is 2.58. The monoisotopic (exact) mass is 352 g/mol. The first-order valence-corrected chi connectivity index (χ1v) is 7.28. The van der Waals surface area contributed by atoms with Gasteiger partial charge in [-0.1, -0.05) is 0 Å². The fraction of sp³-hybridized carbons (Fsp3) is 0.357. The van der Waals surface area contributed by atoms with Gasteiger partial charge < -0.3 is 5.32 Å². The topological polar surface area (TPSA) is 73.0 Å². The number of nitrogens with one attached hydrogen (secondary N) is 1. The Kier molecular flexibility index (Phi) is 4.32. The molecule has 0 saturated carbocycles. The quantitative estimate of drug-likeness (QED) is 0.668. The van der Waals surface area contributed by atoms with Gasteiger partial charge in [0.2, 0.25) is 0 Å². The Morgan fingerprint density at radius 3 is 2.67 bits per heavy atom. The van der Waals surface area contributed by atoms with Crippen molar-refractivity contribution in [3.05, 3.63) is 50.7 Å². The molecule has 1 aromatic carbocycles. The maximum Gasteiger partial charge on any atom is 0.270 e. The fourth-order valence-corrected chi connectivity index (χ4v) is 2.28. The molecule has 2 rings (SSSR count). The van der Waals surface area contributed by atoms with Gasteiger partial charge in [-0.3, -0.25) is 14.8 Å². The highest BCUT2D eigenvalue weighted by atomic mass is 79.9. The van der Waals surface area contributed by atoms with Crippen molar-refractivity contribution in [3.8, 4) is 0 Å². The standard InChI is InChI=1S/C14H17BrN4O2/c1-14(2,3)18-9-10(8-17-18)7-16-13-5-4-11(19(20)21)6-12(13)15/h4-6,8-9,16H,7H2,1-3H3. The first kappa shape index (κ1) is 15.5. The number of nitro groups is 1. The minimum Gasteiger partial charge on any atom is -0.380 e. The van der Waals surface area contributed by atoms with Crippen molar-refractivity contribution >= 4 is 27.3 Å². The Hall–Kier alpha value is -1.89. The van der Waals surface area contributed by atoms with Crippen LogP contribution >= 0.6 is 15.9 Å². The van der Waals surface area contributed by atoms with Crippen molar-refractivity contribution in [2.45, 2.75) is 32.9 Å². The molecule has 0 radical (unpaired) electrons. The average molecular weight is 353 g/mol. The van der Waals surface area contributed by atoms with Crippen LogP contribution in [0, 0.1) is 10.1 Å². The Morgan fingerprint density at radius 1 is 1.43 bits per heavy atom. The molecule has 0 aliphatic carbocycles. The summed E-state index contributed by atoms with van der Waals surface area (Å²) in [5, 5.41) is 18.3. The molecule has 0 atom stereocenters. The molecular weight excluding hydrogens is 336 g/mol. The molecule has 1 aromatic heterocycles. The second-order valence-corrected chi connectivity index (χ2v) is 6.59. The predicted molar refractivity (Wildman–Crippen MR) is 85.3 cm³/mol. The van der Waals surface area contributed by atoms with Gasteiger partial charge in [0.15, 0.2) is 0 Å². The first-order valence-electron chi connectivity index (χ1n) is 6.49. The lowest BCUT2D eigenvalue weighted by Gasteiger charge is -2.18. The van der Waals surface area contributed by atoms with Crippen LogP contribution < -0.4 is 5.32 Å². The number of anilines is 1. The van der Waals surface area contributed by atoms with E-state index in [1.807, 2.05) is 17.1 Å². The lowest BCUT2D eigenvalue weighted by atomic mass is 10.1. The highest BCUT2D eigenvalue weighted by Crippen LogP contribution is 2.27. The summed E-state index contributed by atoms with van der Waals surface area (Å²) in [5.74, 6) is 0. The zero-order chi connectivity index (χ0) is 15.6. The molecule has 0 bridgehead atoms. The molecule has 0 saturated heterocycles. The summed E-state index contributed by atoms with van der Waals surface area (Å²) in [6.07, 6.45) is 3.81. The van der Waals surface area contributed by atoms with Crippen molar-refractivity contribution in [1.82, 2.24) is 9.78 Å². The first-order chi connectivity index (χ1) is 9.77. The molecular formula is C14H17BrN4O2. The van der Waals surface area contributed by atoms with Gasteiger partial charge in [-0.15, -0.1) is 0 Å². The lowest BCUT2D eigenvalue weighted by Crippen LogP contribution is -2.21. The van der Waals surface area contributed by atoms with Gasteiger partial charge in [0.05, 0.1) is 16.7 Å². The minimum atomic E-state index is -0.415. The van der Waals surface area contributed by atoms with Crippen LogP contribution in [0.5, 0.6) is 0 Å². The van der Waals surface area contributed by atoms with Crippen molar-refractivity contribution < 1.29 is 4.92 Å². The Balaban J connectivity index is 2.06. The maximum absolute atomic E-state index is 10.7. The molecule has 0 aliphatic rings. The number of hydrogen-bond donors (Lipinski definition) is 1. The molecule has 112 valence electrons. The Labute approximate surface area is 131 Å². The van der Waals surface area contributed by atoms with Crippen molar-refractivity contribution in [2.24, 2.45) is 0 Å². The van der Waals surface area contributed by atoms with Gasteiger partial charge in [0, 0.05) is 40.6 Å². The summed E-state index contributed by atoms with van der Waals surface area (Å²) >= 11 is 3.34. The second kappa shape index (κ2) is 5.85. The third-order valence-electron chi connectivity index (χ3n) is 2.97. The van der Waals surface area contributed by atoms with Crippen LogP contribution in [0.25, 0.3) is 0 Å². The number of benzene rings is 1. The van der Waals surface area contributed by atoms with E-state index in [-0.39, 0.29) is 11.2 Å². The number of hydrogen-bond acceptors (Lipinski definition) is 4. The van der Waals surface area contributed by atoms with Crippen molar-refractivity contribution in [3.63, 3.8) is 0 Å². The van der Waals surface area contributed by atoms with E-state index < -0.39 is 4.92 Å². The number of non-ortho nitro benzene ring substituents is 1. The number of nitrogens with zero attached hydrogens (tertiary/aromatic N) is 3. The largest absolute Gasteiger partial charge is 0.380 e. The highest BCUT2D eigenvalue weighted by Gasteiger charge is 2.14. The minimum absolute atomic E-state index is 0.0494. The summed E-state index contributed by atoms with van der Waals surface area (Å²) in [7, 11) is 0. The van der Waals surface area contributed by atoms with E-state index in [2.05, 4.69) is 47.1 Å². The van der Waals surface area contributed by atoms with Crippen molar-refractivity contribution in [2.75, 3.05) is 5.32 Å². The summed E-state index contributed by atoms with van der Waals surface area (Å²) in [5.41, 5.74) is 1.87. The van der Waals surface area contributed by atoms with E-state index >= 15 is 0 Å². The molecule has 0 aliphatic heterocycles. The molecule has 21 heavy (non-hydrogen) atoms. The third-order valence-corrected chi connectivity index (χ3v) is 3.63. The number of halogens is 1. The molecule has 0 unspecified atom stereocenters. The highest BCUT2D eigenvalue weighted by molar-refractivity contribution is 9.10. The van der Waals surface area contributed by atoms with Gasteiger partial charge in [-0.25, -0.2) is 0 Å². The van der Waals surface area contributed by atoms with E-state index in [1.54, 1.807) is 6.07 Å². The van der Waals surface area contributed by atoms with Crippen LogP contribution in [0.15, 0.2) is 35.1 Å². The number of rotatable bonds is 4. The van der Waals surface area contributed by atoms with Gasteiger partial charge in [-0.05, 0) is 42.8 Å². The maximum atomic E-state index is 10.7. The van der Waals surface area contributed by atoms with Crippen LogP contribution in [-0.2, 0) is 12.1 Å². The van der Waals surface area contributed by atoms with E-state index in [4.69, 9.17) is 0 Å². The molecule has 6 nitrogen and oxygen atoms in total. The summed E-state index contributed by atoms with van der Waals surface area (Å²) in [6.45, 7) is 6.87. The van der Waals surface area contributed by atoms with Gasteiger partial charge >= 0.3 is 0 Å². The predicted octanol–water partition coefficient (Wildman–Crippen LogP) is 3.92. The smallest absolute Gasteiger partial charge is 0.270 e. The normalized spacial score (nSPS) is 11.4. The third kappa shape index (κ3) is 3.81. The van der Waals surface area contributed by atoms with E-state index in [0.717, 1.165) is 11.3 Å². The lowest BCUT2D eigenvalue weighted by molar-refractivity contribution is -0.384. The number of nitro benzene ring substituents is 1. The van der Waals surface area contributed by atoms with Crippen molar-refractivity contribution in [1.29, 1.82) is 0 Å². The molecule has 0 fully saturated rings. The van der Waals surface area contributed by atoms with Crippen LogP contribution in [0.4, 0.5) is 11.4 Å². The fourth-order valence-electron chi connectivity index (χ4n) is 1.78. The summed E-state index contributed by atoms with van der Waals surface area (Å²) in [6, 6.07) is 4.66.